The molecule has 0 saturated heterocycles. The molecule has 1 heterocycles. The van der Waals surface area contributed by atoms with Crippen LogP contribution in [-0.2, 0) is 0 Å². The summed E-state index contributed by atoms with van der Waals surface area (Å²) in [5.41, 5.74) is 9.23. The summed E-state index contributed by atoms with van der Waals surface area (Å²) in [6, 6.07) is 0. The van der Waals surface area contributed by atoms with Crippen molar-refractivity contribution in [3.63, 3.8) is 0 Å². The number of nitrogen functional groups attached to an aromatic ring is 1. The first-order valence-corrected chi connectivity index (χ1v) is 5.76. The number of hydrogen-bond donors (Lipinski definition) is 1. The van der Waals surface area contributed by atoms with Gasteiger partial charge in [-0.2, -0.15) is 0 Å². The van der Waals surface area contributed by atoms with Gasteiger partial charge in [0.25, 0.3) is 0 Å². The molecule has 1 aromatic heterocycles. The van der Waals surface area contributed by atoms with Gasteiger partial charge in [-0.05, 0) is 25.3 Å². The second-order valence-corrected chi connectivity index (χ2v) is 4.46. The molecule has 0 saturated carbocycles. The first-order chi connectivity index (χ1) is 8.09. The predicted octanol–water partition coefficient (Wildman–Crippen LogP) is 2.25. The fraction of sp³-hybridized carbons (Fsp3) is 0.385. The van der Waals surface area contributed by atoms with Crippen LogP contribution in [0.1, 0.15) is 25.6 Å². The molecule has 0 aliphatic heterocycles. The molecular formula is C13H18N4. The van der Waals surface area contributed by atoms with Gasteiger partial charge in [0.15, 0.2) is 11.6 Å². The topological polar surface area (TPSA) is 55.0 Å². The normalized spacial score (nSPS) is 15.2. The molecule has 0 bridgehead atoms. The van der Waals surface area contributed by atoms with Crippen molar-refractivity contribution in [2.24, 2.45) is 0 Å². The van der Waals surface area contributed by atoms with E-state index in [1.807, 2.05) is 19.0 Å². The van der Waals surface area contributed by atoms with Crippen molar-refractivity contribution in [2.45, 2.75) is 19.8 Å². The van der Waals surface area contributed by atoms with Crippen molar-refractivity contribution in [1.82, 2.24) is 9.97 Å². The summed E-state index contributed by atoms with van der Waals surface area (Å²) in [5.74, 6) is 1.30. The predicted molar refractivity (Wildman–Crippen MR) is 71.7 cm³/mol. The van der Waals surface area contributed by atoms with Gasteiger partial charge in [-0.1, -0.05) is 12.2 Å². The van der Waals surface area contributed by atoms with E-state index in [-0.39, 0.29) is 0 Å². The maximum atomic E-state index is 5.94. The van der Waals surface area contributed by atoms with Gasteiger partial charge < -0.3 is 10.6 Å². The van der Waals surface area contributed by atoms with Crippen LogP contribution in [0.4, 0.5) is 11.5 Å². The molecule has 17 heavy (non-hydrogen) atoms. The lowest BCUT2D eigenvalue weighted by molar-refractivity contribution is 0.983. The lowest BCUT2D eigenvalue weighted by atomic mass is 9.98. The fourth-order valence-corrected chi connectivity index (χ4v) is 1.95. The van der Waals surface area contributed by atoms with E-state index in [4.69, 9.17) is 5.73 Å². The van der Waals surface area contributed by atoms with Crippen LogP contribution in [0.2, 0.25) is 0 Å². The number of rotatable bonds is 2. The molecule has 2 rings (SSSR count). The Kier molecular flexibility index (Phi) is 3.13. The van der Waals surface area contributed by atoms with Crippen molar-refractivity contribution < 1.29 is 0 Å². The number of nitrogens with zero attached hydrogens (tertiary/aromatic N) is 3. The van der Waals surface area contributed by atoms with E-state index in [0.29, 0.717) is 5.82 Å². The highest BCUT2D eigenvalue weighted by molar-refractivity contribution is 5.70. The minimum absolute atomic E-state index is 0.537. The van der Waals surface area contributed by atoms with Gasteiger partial charge in [-0.15, -0.1) is 0 Å². The zero-order valence-corrected chi connectivity index (χ0v) is 10.6. The lowest BCUT2D eigenvalue weighted by Gasteiger charge is -2.16. The second kappa shape index (κ2) is 4.57. The third kappa shape index (κ3) is 2.30. The molecule has 0 unspecified atom stereocenters. The summed E-state index contributed by atoms with van der Waals surface area (Å²) in [7, 11) is 3.87. The first-order valence-electron chi connectivity index (χ1n) is 5.76. The molecule has 0 atom stereocenters. The zero-order chi connectivity index (χ0) is 12.4. The van der Waals surface area contributed by atoms with Gasteiger partial charge in [-0.3, -0.25) is 0 Å². The summed E-state index contributed by atoms with van der Waals surface area (Å²) in [6.07, 6.45) is 8.12. The minimum atomic E-state index is 0.537. The Morgan fingerprint density at radius 2 is 2.12 bits per heavy atom. The molecule has 1 aliphatic carbocycles. The molecule has 2 N–H and O–H groups in total. The molecular weight excluding hydrogens is 212 g/mol. The zero-order valence-electron chi connectivity index (χ0n) is 10.6. The number of allylic oxidation sites excluding steroid dienone is 4. The van der Waals surface area contributed by atoms with E-state index < -0.39 is 0 Å². The van der Waals surface area contributed by atoms with Crippen LogP contribution in [0.5, 0.6) is 0 Å². The van der Waals surface area contributed by atoms with Gasteiger partial charge in [0.1, 0.15) is 0 Å². The summed E-state index contributed by atoms with van der Waals surface area (Å²) >= 11 is 0. The Hall–Kier alpha value is -1.84. The highest BCUT2D eigenvalue weighted by atomic mass is 15.1. The molecule has 90 valence electrons. The van der Waals surface area contributed by atoms with Gasteiger partial charge in [-0.25, -0.2) is 9.97 Å². The van der Waals surface area contributed by atoms with E-state index in [2.05, 4.69) is 29.0 Å². The van der Waals surface area contributed by atoms with Crippen LogP contribution < -0.4 is 10.6 Å². The van der Waals surface area contributed by atoms with E-state index in [1.54, 1.807) is 6.20 Å². The largest absolute Gasteiger partial charge is 0.382 e. The third-order valence-electron chi connectivity index (χ3n) is 2.95. The van der Waals surface area contributed by atoms with E-state index in [9.17, 15) is 0 Å². The van der Waals surface area contributed by atoms with Crippen LogP contribution in [0.3, 0.4) is 0 Å². The van der Waals surface area contributed by atoms with Crippen molar-refractivity contribution in [3.05, 3.63) is 29.7 Å². The van der Waals surface area contributed by atoms with Gasteiger partial charge >= 0.3 is 0 Å². The average Bonchev–Trinajstić information content (AvgIpc) is 2.29. The molecule has 4 heteroatoms. The fourth-order valence-electron chi connectivity index (χ4n) is 1.95. The SMILES string of the molecule is CC1=C(c2ncc(N(C)C)c(N)n2)CCC=C1. The Balaban J connectivity index is 2.41. The minimum Gasteiger partial charge on any atom is -0.382 e. The molecule has 1 aliphatic rings. The van der Waals surface area contributed by atoms with Gasteiger partial charge in [0.2, 0.25) is 0 Å². The van der Waals surface area contributed by atoms with Gasteiger partial charge in [0, 0.05) is 19.7 Å². The summed E-state index contributed by atoms with van der Waals surface area (Å²) < 4.78 is 0. The highest BCUT2D eigenvalue weighted by Gasteiger charge is 2.12. The third-order valence-corrected chi connectivity index (χ3v) is 2.95. The summed E-state index contributed by atoms with van der Waals surface area (Å²) in [5, 5.41) is 0. The molecule has 0 radical (unpaired) electrons. The maximum Gasteiger partial charge on any atom is 0.157 e. The monoisotopic (exact) mass is 230 g/mol. The van der Waals surface area contributed by atoms with E-state index in [0.717, 1.165) is 24.4 Å². The molecule has 1 aromatic rings. The summed E-state index contributed by atoms with van der Waals surface area (Å²) in [4.78, 5) is 10.7. The molecule has 0 amide bonds. The number of anilines is 2. The smallest absolute Gasteiger partial charge is 0.157 e. The quantitative estimate of drug-likeness (QED) is 0.846. The Morgan fingerprint density at radius 1 is 1.35 bits per heavy atom. The van der Waals surface area contributed by atoms with E-state index >= 15 is 0 Å². The second-order valence-electron chi connectivity index (χ2n) is 4.46. The van der Waals surface area contributed by atoms with Crippen molar-refractivity contribution in [3.8, 4) is 0 Å². The van der Waals surface area contributed by atoms with Crippen molar-refractivity contribution in [1.29, 1.82) is 0 Å². The average molecular weight is 230 g/mol. The van der Waals surface area contributed by atoms with Crippen molar-refractivity contribution >= 4 is 17.1 Å². The Labute approximate surface area is 102 Å². The van der Waals surface area contributed by atoms with Crippen LogP contribution >= 0.6 is 0 Å². The van der Waals surface area contributed by atoms with Crippen molar-refractivity contribution in [2.75, 3.05) is 24.7 Å². The van der Waals surface area contributed by atoms with Gasteiger partial charge in [0.05, 0.1) is 11.9 Å². The van der Waals surface area contributed by atoms with Crippen LogP contribution in [0.15, 0.2) is 23.9 Å². The molecule has 0 fully saturated rings. The first kappa shape index (κ1) is 11.6. The highest BCUT2D eigenvalue weighted by Crippen LogP contribution is 2.28. The maximum absolute atomic E-state index is 5.94. The standard InChI is InChI=1S/C13H18N4/c1-9-6-4-5-7-10(9)13-15-8-11(17(2)3)12(14)16-13/h4,6,8H,5,7H2,1-3H3,(H2,14,15,16). The number of nitrogens with two attached hydrogens (primary N) is 1. The lowest BCUT2D eigenvalue weighted by Crippen LogP contribution is -2.13. The molecule has 0 aromatic carbocycles. The number of aromatic nitrogens is 2. The summed E-state index contributed by atoms with van der Waals surface area (Å²) in [6.45, 7) is 2.09. The number of hydrogen-bond acceptors (Lipinski definition) is 4. The Morgan fingerprint density at radius 3 is 2.71 bits per heavy atom. The Bertz CT molecular complexity index is 486. The van der Waals surface area contributed by atoms with Crippen LogP contribution in [0, 0.1) is 0 Å². The molecule has 0 spiro atoms. The molecule has 4 nitrogen and oxygen atoms in total. The van der Waals surface area contributed by atoms with Crippen LogP contribution in [-0.4, -0.2) is 24.1 Å². The van der Waals surface area contributed by atoms with E-state index in [1.165, 1.54) is 11.1 Å². The van der Waals surface area contributed by atoms with Crippen LogP contribution in [0.25, 0.3) is 5.57 Å².